The number of methoxy groups -OCH3 is 2. The van der Waals surface area contributed by atoms with Crippen molar-refractivity contribution in [2.24, 2.45) is 7.05 Å². The summed E-state index contributed by atoms with van der Waals surface area (Å²) in [6.07, 6.45) is 0.220. The first-order valence-corrected chi connectivity index (χ1v) is 11.7. The van der Waals surface area contributed by atoms with E-state index in [0.29, 0.717) is 6.54 Å². The number of thiophene rings is 1. The van der Waals surface area contributed by atoms with Gasteiger partial charge < -0.3 is 24.6 Å². The van der Waals surface area contributed by atoms with Gasteiger partial charge in [-0.2, -0.15) is 5.10 Å². The Morgan fingerprint density at radius 2 is 1.85 bits per heavy atom. The van der Waals surface area contributed by atoms with Crippen LogP contribution < -0.4 is 19.5 Å². The van der Waals surface area contributed by atoms with Crippen molar-refractivity contribution in [3.8, 4) is 28.5 Å². The number of hydrogen-bond donors (Lipinski definition) is 2. The van der Waals surface area contributed by atoms with Gasteiger partial charge in [0, 0.05) is 19.2 Å². The Morgan fingerprint density at radius 3 is 2.61 bits per heavy atom. The highest BCUT2D eigenvalue weighted by molar-refractivity contribution is 7.17. The molecule has 0 bridgehead atoms. The molecule has 2 N–H and O–H groups in total. The Kier molecular flexibility index (Phi) is 7.49. The molecular weight excluding hydrogens is 438 g/mol. The smallest absolute Gasteiger partial charge is 0.160 e. The molecule has 0 aliphatic heterocycles. The molecule has 174 valence electrons. The second kappa shape index (κ2) is 10.7. The van der Waals surface area contributed by atoms with Gasteiger partial charge in [-0.15, -0.1) is 11.3 Å². The Hall–Kier alpha value is -3.07. The van der Waals surface area contributed by atoms with Crippen molar-refractivity contribution < 1.29 is 19.3 Å². The van der Waals surface area contributed by atoms with Gasteiger partial charge in [0.2, 0.25) is 0 Å². The zero-order valence-corrected chi connectivity index (χ0v) is 19.9. The molecule has 0 saturated carbocycles. The summed E-state index contributed by atoms with van der Waals surface area (Å²) in [5.41, 5.74) is 4.30. The van der Waals surface area contributed by atoms with Gasteiger partial charge in [-0.25, -0.2) is 0 Å². The number of aromatic nitrogens is 2. The summed E-state index contributed by atoms with van der Waals surface area (Å²) in [5.74, 6) is 2.16. The van der Waals surface area contributed by atoms with E-state index < -0.39 is 6.10 Å². The zero-order chi connectivity index (χ0) is 23.2. The maximum absolute atomic E-state index is 10.3. The molecule has 4 rings (SSSR count). The minimum atomic E-state index is -0.600. The van der Waals surface area contributed by atoms with Gasteiger partial charge in [-0.3, -0.25) is 4.68 Å². The van der Waals surface area contributed by atoms with Crippen molar-refractivity contribution in [2.75, 3.05) is 33.9 Å². The highest BCUT2D eigenvalue weighted by atomic mass is 32.1. The van der Waals surface area contributed by atoms with Gasteiger partial charge in [0.15, 0.2) is 11.5 Å². The second-order valence-corrected chi connectivity index (χ2v) is 8.66. The summed E-state index contributed by atoms with van der Waals surface area (Å²) in [7, 11) is 5.21. The average molecular weight is 468 g/mol. The quantitative estimate of drug-likeness (QED) is 0.326. The molecule has 0 fully saturated rings. The topological polar surface area (TPSA) is 77.8 Å². The van der Waals surface area contributed by atoms with Gasteiger partial charge in [0.25, 0.3) is 0 Å². The SMILES string of the molecule is COc1ccc(CCNCC(O)COc2ccc(-c3nn(C)c4ccsc34)cc2)cc1OC. The van der Waals surface area contributed by atoms with E-state index in [-0.39, 0.29) is 6.61 Å². The zero-order valence-electron chi connectivity index (χ0n) is 19.1. The monoisotopic (exact) mass is 467 g/mol. The fourth-order valence-corrected chi connectivity index (χ4v) is 4.59. The molecule has 4 aromatic rings. The number of nitrogens with zero attached hydrogens (tertiary/aromatic N) is 2. The Morgan fingerprint density at radius 1 is 1.06 bits per heavy atom. The number of ether oxygens (including phenoxy) is 3. The van der Waals surface area contributed by atoms with Crippen LogP contribution in [0.15, 0.2) is 53.9 Å². The predicted octanol–water partition coefficient (Wildman–Crippen LogP) is 3.89. The lowest BCUT2D eigenvalue weighted by Gasteiger charge is -2.14. The van der Waals surface area contributed by atoms with Crippen LogP contribution in [0.5, 0.6) is 17.2 Å². The molecule has 1 atom stereocenters. The van der Waals surface area contributed by atoms with E-state index in [4.69, 9.17) is 14.2 Å². The minimum Gasteiger partial charge on any atom is -0.493 e. The lowest BCUT2D eigenvalue weighted by atomic mass is 10.1. The lowest BCUT2D eigenvalue weighted by Crippen LogP contribution is -2.32. The van der Waals surface area contributed by atoms with Crippen molar-refractivity contribution in [2.45, 2.75) is 12.5 Å². The van der Waals surface area contributed by atoms with Gasteiger partial charge in [0.05, 0.1) is 24.4 Å². The fourth-order valence-electron chi connectivity index (χ4n) is 3.67. The third-order valence-electron chi connectivity index (χ3n) is 5.45. The molecule has 0 saturated heterocycles. The maximum Gasteiger partial charge on any atom is 0.160 e. The highest BCUT2D eigenvalue weighted by Gasteiger charge is 2.12. The van der Waals surface area contributed by atoms with E-state index in [0.717, 1.165) is 52.6 Å². The van der Waals surface area contributed by atoms with Gasteiger partial charge in [0.1, 0.15) is 24.2 Å². The van der Waals surface area contributed by atoms with Crippen LogP contribution in [0.1, 0.15) is 5.56 Å². The Bertz CT molecular complexity index is 1190. The number of benzene rings is 2. The summed E-state index contributed by atoms with van der Waals surface area (Å²) in [5, 5.41) is 20.2. The van der Waals surface area contributed by atoms with Crippen LogP contribution in [0, 0.1) is 0 Å². The van der Waals surface area contributed by atoms with Crippen LogP contribution in [0.4, 0.5) is 0 Å². The van der Waals surface area contributed by atoms with Crippen molar-refractivity contribution in [1.29, 1.82) is 0 Å². The van der Waals surface area contributed by atoms with Crippen molar-refractivity contribution >= 4 is 21.6 Å². The van der Waals surface area contributed by atoms with E-state index >= 15 is 0 Å². The molecule has 0 aliphatic carbocycles. The third kappa shape index (κ3) is 5.47. The molecule has 0 aliphatic rings. The molecule has 0 amide bonds. The minimum absolute atomic E-state index is 0.224. The lowest BCUT2D eigenvalue weighted by molar-refractivity contribution is 0.106. The molecule has 2 heterocycles. The van der Waals surface area contributed by atoms with Gasteiger partial charge >= 0.3 is 0 Å². The first kappa shape index (κ1) is 23.1. The summed E-state index contributed by atoms with van der Waals surface area (Å²) in [6.45, 7) is 1.42. The van der Waals surface area contributed by atoms with E-state index in [1.165, 1.54) is 4.70 Å². The van der Waals surface area contributed by atoms with E-state index in [9.17, 15) is 5.11 Å². The van der Waals surface area contributed by atoms with Crippen LogP contribution in [0.2, 0.25) is 0 Å². The Balaban J connectivity index is 1.21. The summed E-state index contributed by atoms with van der Waals surface area (Å²) < 4.78 is 19.5. The first-order valence-electron chi connectivity index (χ1n) is 10.8. The largest absolute Gasteiger partial charge is 0.493 e. The molecule has 8 heteroatoms. The van der Waals surface area contributed by atoms with Crippen molar-refractivity contribution in [1.82, 2.24) is 15.1 Å². The standard InChI is InChI=1S/C25H29N3O4S/c1-28-21-11-13-33-25(21)24(27-28)18-5-7-20(8-6-18)32-16-19(29)15-26-12-10-17-4-9-22(30-2)23(14-17)31-3/h4-9,11,13-14,19,26,29H,10,12,15-16H2,1-3H3. The molecular formula is C25H29N3O4S. The van der Waals surface area contributed by atoms with Crippen LogP contribution in [-0.2, 0) is 13.5 Å². The van der Waals surface area contributed by atoms with E-state index in [2.05, 4.69) is 21.9 Å². The van der Waals surface area contributed by atoms with E-state index in [1.807, 2.05) is 54.2 Å². The number of nitrogens with one attached hydrogen (secondary N) is 1. The molecule has 2 aromatic carbocycles. The van der Waals surface area contributed by atoms with Crippen molar-refractivity contribution in [3.63, 3.8) is 0 Å². The molecule has 1 unspecified atom stereocenters. The molecule has 0 radical (unpaired) electrons. The fraction of sp³-hybridized carbons (Fsp3) is 0.320. The number of aliphatic hydroxyl groups excluding tert-OH is 1. The van der Waals surface area contributed by atoms with Crippen LogP contribution in [-0.4, -0.2) is 54.9 Å². The summed E-state index contributed by atoms with van der Waals surface area (Å²) >= 11 is 1.69. The number of aliphatic hydroxyl groups is 1. The highest BCUT2D eigenvalue weighted by Crippen LogP contribution is 2.32. The third-order valence-corrected chi connectivity index (χ3v) is 6.36. The summed E-state index contributed by atoms with van der Waals surface area (Å²) in [6, 6.07) is 15.8. The van der Waals surface area contributed by atoms with Gasteiger partial charge in [-0.1, -0.05) is 6.07 Å². The van der Waals surface area contributed by atoms with E-state index in [1.54, 1.807) is 25.6 Å². The first-order chi connectivity index (χ1) is 16.1. The van der Waals surface area contributed by atoms with Crippen LogP contribution >= 0.6 is 11.3 Å². The number of rotatable bonds is 11. The Labute approximate surface area is 197 Å². The van der Waals surface area contributed by atoms with Crippen molar-refractivity contribution in [3.05, 3.63) is 59.5 Å². The molecule has 2 aromatic heterocycles. The maximum atomic E-state index is 10.3. The van der Waals surface area contributed by atoms with Crippen LogP contribution in [0.3, 0.4) is 0 Å². The average Bonchev–Trinajstić information content (AvgIpc) is 3.45. The normalized spacial score (nSPS) is 12.1. The second-order valence-electron chi connectivity index (χ2n) is 7.74. The number of hydrogen-bond acceptors (Lipinski definition) is 7. The van der Waals surface area contributed by atoms with Crippen LogP contribution in [0.25, 0.3) is 21.5 Å². The number of aryl methyl sites for hydroxylation is 1. The molecule has 33 heavy (non-hydrogen) atoms. The summed E-state index contributed by atoms with van der Waals surface area (Å²) in [4.78, 5) is 0. The number of fused-ring (bicyclic) bond motifs is 1. The molecule has 0 spiro atoms. The van der Waals surface area contributed by atoms with Gasteiger partial charge in [-0.05, 0) is 66.4 Å². The molecule has 7 nitrogen and oxygen atoms in total. The predicted molar refractivity (Wildman–Crippen MR) is 132 cm³/mol.